The van der Waals surface area contributed by atoms with Crippen LogP contribution >= 0.6 is 11.6 Å². The van der Waals surface area contributed by atoms with Crippen molar-refractivity contribution >= 4 is 23.1 Å². The Labute approximate surface area is 177 Å². The van der Waals surface area contributed by atoms with Gasteiger partial charge >= 0.3 is 0 Å². The molecule has 3 aromatic rings. The Balaban J connectivity index is 1.40. The van der Waals surface area contributed by atoms with Gasteiger partial charge in [-0.3, -0.25) is 5.01 Å². The Morgan fingerprint density at radius 3 is 2.38 bits per heavy atom. The number of benzene rings is 3. The number of hydrazine groups is 1. The molecule has 3 nitrogen and oxygen atoms in total. The number of hydrogen-bond donors (Lipinski definition) is 0. The second kappa shape index (κ2) is 8.02. The molecule has 0 saturated carbocycles. The molecule has 0 bridgehead atoms. The molecular formula is C25H24ClN3. The van der Waals surface area contributed by atoms with Crippen molar-refractivity contribution in [1.29, 1.82) is 0 Å². The van der Waals surface area contributed by atoms with Crippen molar-refractivity contribution in [2.75, 3.05) is 13.1 Å². The first kappa shape index (κ1) is 18.4. The van der Waals surface area contributed by atoms with Gasteiger partial charge in [-0.2, -0.15) is 0 Å². The zero-order chi connectivity index (χ0) is 19.6. The molecule has 2 aliphatic heterocycles. The van der Waals surface area contributed by atoms with Crippen LogP contribution in [0.3, 0.4) is 0 Å². The summed E-state index contributed by atoms with van der Waals surface area (Å²) in [6.45, 7) is 2.90. The van der Waals surface area contributed by atoms with Crippen molar-refractivity contribution in [2.45, 2.75) is 25.3 Å². The van der Waals surface area contributed by atoms with Crippen LogP contribution < -0.4 is 0 Å². The minimum atomic E-state index is 0.569. The third kappa shape index (κ3) is 3.81. The topological polar surface area (TPSA) is 18.8 Å². The number of fused-ring (bicyclic) bond motifs is 1. The van der Waals surface area contributed by atoms with E-state index in [9.17, 15) is 0 Å². The summed E-state index contributed by atoms with van der Waals surface area (Å²) in [4.78, 5) is 5.04. The standard InChI is InChI=1S/C25H24ClN3/c26-23-11-6-10-21(17-23)19-13-15-28(16-14-19)29-18-22-9-4-5-12-24(22)27-25(29)20-7-2-1-3-8-20/h1-12,17,19H,13-16,18H2. The number of para-hydroxylation sites is 1. The fourth-order valence-electron chi connectivity index (χ4n) is 4.40. The second-order valence-corrected chi connectivity index (χ2v) is 8.21. The Kier molecular flexibility index (Phi) is 5.09. The molecule has 0 aromatic heterocycles. The fourth-order valence-corrected chi connectivity index (χ4v) is 4.60. The second-order valence-electron chi connectivity index (χ2n) is 7.77. The van der Waals surface area contributed by atoms with E-state index in [-0.39, 0.29) is 0 Å². The minimum absolute atomic E-state index is 0.569. The van der Waals surface area contributed by atoms with E-state index in [1.54, 1.807) is 0 Å². The van der Waals surface area contributed by atoms with Crippen molar-refractivity contribution in [2.24, 2.45) is 4.99 Å². The summed E-state index contributed by atoms with van der Waals surface area (Å²) in [5.74, 6) is 1.62. The molecule has 0 radical (unpaired) electrons. The van der Waals surface area contributed by atoms with Crippen molar-refractivity contribution in [3.8, 4) is 0 Å². The third-order valence-corrected chi connectivity index (χ3v) is 6.18. The maximum Gasteiger partial charge on any atom is 0.151 e. The monoisotopic (exact) mass is 401 g/mol. The molecule has 3 aromatic carbocycles. The summed E-state index contributed by atoms with van der Waals surface area (Å²) in [5, 5.41) is 5.69. The van der Waals surface area contributed by atoms with Crippen LogP contribution in [0.1, 0.15) is 35.4 Å². The molecule has 0 atom stereocenters. The van der Waals surface area contributed by atoms with Gasteiger partial charge in [0.1, 0.15) is 0 Å². The van der Waals surface area contributed by atoms with E-state index in [0.29, 0.717) is 5.92 Å². The van der Waals surface area contributed by atoms with E-state index in [0.717, 1.165) is 49.0 Å². The molecule has 0 spiro atoms. The van der Waals surface area contributed by atoms with Crippen LogP contribution in [0.15, 0.2) is 83.9 Å². The third-order valence-electron chi connectivity index (χ3n) is 5.95. The molecule has 5 rings (SSSR count). The lowest BCUT2D eigenvalue weighted by Gasteiger charge is -2.43. The SMILES string of the molecule is Clc1cccc(C2CCN(N3Cc4ccccc4N=C3c3ccccc3)CC2)c1. The first-order chi connectivity index (χ1) is 14.3. The molecule has 0 aliphatic carbocycles. The summed E-state index contributed by atoms with van der Waals surface area (Å²) in [5.41, 5.74) is 4.89. The first-order valence-corrected chi connectivity index (χ1v) is 10.7. The number of nitrogens with zero attached hydrogens (tertiary/aromatic N) is 3. The normalized spacial score (nSPS) is 17.7. The van der Waals surface area contributed by atoms with Gasteiger partial charge in [0, 0.05) is 23.7 Å². The highest BCUT2D eigenvalue weighted by molar-refractivity contribution is 6.30. The van der Waals surface area contributed by atoms with E-state index in [1.807, 2.05) is 6.07 Å². The highest BCUT2D eigenvalue weighted by atomic mass is 35.5. The minimum Gasteiger partial charge on any atom is -0.284 e. The van der Waals surface area contributed by atoms with Crippen molar-refractivity contribution in [1.82, 2.24) is 10.0 Å². The zero-order valence-corrected chi connectivity index (χ0v) is 17.1. The van der Waals surface area contributed by atoms with Gasteiger partial charge in [-0.1, -0.05) is 72.3 Å². The molecule has 0 N–H and O–H groups in total. The van der Waals surface area contributed by atoms with E-state index in [1.165, 1.54) is 16.7 Å². The lowest BCUT2D eigenvalue weighted by Crippen LogP contribution is -2.50. The van der Waals surface area contributed by atoms with Crippen LogP contribution in [-0.4, -0.2) is 28.9 Å². The molecule has 0 unspecified atom stereocenters. The average molecular weight is 402 g/mol. The number of hydrogen-bond acceptors (Lipinski definition) is 3. The summed E-state index contributed by atoms with van der Waals surface area (Å²) in [6, 6.07) is 27.3. The number of aliphatic imine (C=N–C) groups is 1. The molecule has 29 heavy (non-hydrogen) atoms. The van der Waals surface area contributed by atoms with Gasteiger partial charge in [0.05, 0.1) is 12.2 Å². The Bertz CT molecular complexity index is 1020. The first-order valence-electron chi connectivity index (χ1n) is 10.3. The predicted octanol–water partition coefficient (Wildman–Crippen LogP) is 6.03. The Hall–Kier alpha value is -2.62. The van der Waals surface area contributed by atoms with Gasteiger partial charge in [0.15, 0.2) is 5.84 Å². The predicted molar refractivity (Wildman–Crippen MR) is 120 cm³/mol. The molecule has 1 saturated heterocycles. The van der Waals surface area contributed by atoms with Crippen LogP contribution in [0.2, 0.25) is 5.02 Å². The lowest BCUT2D eigenvalue weighted by atomic mass is 9.90. The smallest absolute Gasteiger partial charge is 0.151 e. The highest BCUT2D eigenvalue weighted by Crippen LogP contribution is 2.33. The molecule has 146 valence electrons. The van der Waals surface area contributed by atoms with E-state index >= 15 is 0 Å². The summed E-state index contributed by atoms with van der Waals surface area (Å²) in [7, 11) is 0. The maximum atomic E-state index is 6.21. The van der Waals surface area contributed by atoms with Crippen molar-refractivity contribution < 1.29 is 0 Å². The highest BCUT2D eigenvalue weighted by Gasteiger charge is 2.29. The largest absolute Gasteiger partial charge is 0.284 e. The van der Waals surface area contributed by atoms with Crippen LogP contribution in [0.4, 0.5) is 5.69 Å². The van der Waals surface area contributed by atoms with Crippen LogP contribution in [0, 0.1) is 0 Å². The van der Waals surface area contributed by atoms with E-state index in [4.69, 9.17) is 16.6 Å². The van der Waals surface area contributed by atoms with Crippen LogP contribution in [0.5, 0.6) is 0 Å². The zero-order valence-electron chi connectivity index (χ0n) is 16.3. The van der Waals surface area contributed by atoms with Gasteiger partial charge in [-0.25, -0.2) is 10.0 Å². The lowest BCUT2D eigenvalue weighted by molar-refractivity contribution is 0.0126. The van der Waals surface area contributed by atoms with Crippen molar-refractivity contribution in [3.63, 3.8) is 0 Å². The quantitative estimate of drug-likeness (QED) is 0.533. The van der Waals surface area contributed by atoms with Gasteiger partial charge < -0.3 is 0 Å². The summed E-state index contributed by atoms with van der Waals surface area (Å²) in [6.07, 6.45) is 2.25. The summed E-state index contributed by atoms with van der Waals surface area (Å²) >= 11 is 6.21. The molecule has 4 heteroatoms. The van der Waals surface area contributed by atoms with Crippen molar-refractivity contribution in [3.05, 3.63) is 101 Å². The molecule has 2 aliphatic rings. The molecule has 2 heterocycles. The van der Waals surface area contributed by atoms with Gasteiger partial charge in [-0.15, -0.1) is 0 Å². The maximum absolute atomic E-state index is 6.21. The van der Waals surface area contributed by atoms with Gasteiger partial charge in [0.2, 0.25) is 0 Å². The fraction of sp³-hybridized carbons (Fsp3) is 0.240. The molecule has 0 amide bonds. The van der Waals surface area contributed by atoms with Crippen LogP contribution in [-0.2, 0) is 6.54 Å². The van der Waals surface area contributed by atoms with Crippen LogP contribution in [0.25, 0.3) is 0 Å². The number of halogens is 1. The Morgan fingerprint density at radius 2 is 1.59 bits per heavy atom. The molecule has 1 fully saturated rings. The van der Waals surface area contributed by atoms with E-state index < -0.39 is 0 Å². The number of amidine groups is 1. The number of rotatable bonds is 3. The van der Waals surface area contributed by atoms with E-state index in [2.05, 4.69) is 82.8 Å². The Morgan fingerprint density at radius 1 is 0.828 bits per heavy atom. The summed E-state index contributed by atoms with van der Waals surface area (Å²) < 4.78 is 0. The molecular weight excluding hydrogens is 378 g/mol. The average Bonchev–Trinajstić information content (AvgIpc) is 2.79. The number of piperidine rings is 1. The van der Waals surface area contributed by atoms with Gasteiger partial charge in [-0.05, 0) is 48.1 Å². The van der Waals surface area contributed by atoms with Gasteiger partial charge in [0.25, 0.3) is 0 Å².